The Bertz CT molecular complexity index is 716. The first kappa shape index (κ1) is 19.3. The Morgan fingerprint density at radius 1 is 1.00 bits per heavy atom. The molecule has 2 aliphatic heterocycles. The minimum Gasteiger partial charge on any atom is -0.372 e. The van der Waals surface area contributed by atoms with Gasteiger partial charge in [0.15, 0.2) is 5.69 Å². The van der Waals surface area contributed by atoms with Crippen molar-refractivity contribution in [1.82, 2.24) is 9.80 Å². The third-order valence-corrected chi connectivity index (χ3v) is 6.98. The van der Waals surface area contributed by atoms with Crippen LogP contribution in [0.1, 0.15) is 46.0 Å². The second-order valence-electron chi connectivity index (χ2n) is 8.86. The molecule has 0 spiro atoms. The molecule has 4 rings (SSSR count). The first-order valence-electron chi connectivity index (χ1n) is 10.9. The van der Waals surface area contributed by atoms with Crippen LogP contribution in [0.25, 0.3) is 4.85 Å². The summed E-state index contributed by atoms with van der Waals surface area (Å²) in [6, 6.07) is 9.50. The highest BCUT2D eigenvalue weighted by Crippen LogP contribution is 2.32. The quantitative estimate of drug-likeness (QED) is 0.745. The summed E-state index contributed by atoms with van der Waals surface area (Å²) in [6.07, 6.45) is 5.88. The van der Waals surface area contributed by atoms with Crippen LogP contribution in [-0.2, 0) is 4.79 Å². The van der Waals surface area contributed by atoms with Gasteiger partial charge in [-0.2, -0.15) is 0 Å². The Balaban J connectivity index is 1.32. The van der Waals surface area contributed by atoms with Crippen LogP contribution in [0.5, 0.6) is 0 Å². The molecule has 3 fully saturated rings. The summed E-state index contributed by atoms with van der Waals surface area (Å²) in [5.41, 5.74) is 1.84. The third kappa shape index (κ3) is 3.75. The summed E-state index contributed by atoms with van der Waals surface area (Å²) in [5, 5.41) is 0. The number of piperazine rings is 1. The fraction of sp³-hybridized carbons (Fsp3) is 0.652. The predicted octanol–water partition coefficient (Wildman–Crippen LogP) is 3.93. The van der Waals surface area contributed by atoms with Gasteiger partial charge in [0.1, 0.15) is 0 Å². The lowest BCUT2D eigenvalue weighted by Gasteiger charge is -2.51. The van der Waals surface area contributed by atoms with Gasteiger partial charge < -0.3 is 9.80 Å². The maximum absolute atomic E-state index is 13.2. The number of rotatable bonds is 3. The molecule has 2 atom stereocenters. The van der Waals surface area contributed by atoms with E-state index >= 15 is 0 Å². The molecule has 28 heavy (non-hydrogen) atoms. The van der Waals surface area contributed by atoms with Crippen molar-refractivity contribution in [3.05, 3.63) is 35.7 Å². The molecule has 0 N–H and O–H groups in total. The van der Waals surface area contributed by atoms with Crippen molar-refractivity contribution in [2.75, 3.05) is 31.1 Å². The second kappa shape index (κ2) is 8.13. The SMILES string of the molecule is [C-]#[N+]c1ccc(N2CCC(C(=O)N3C[C@@H](C)N(C4CCC4)[C@@H](C)C3)CC2)cc1. The molecule has 0 bridgehead atoms. The van der Waals surface area contributed by atoms with Gasteiger partial charge in [-0.25, -0.2) is 4.85 Å². The second-order valence-corrected chi connectivity index (χ2v) is 8.86. The summed E-state index contributed by atoms with van der Waals surface area (Å²) < 4.78 is 0. The van der Waals surface area contributed by atoms with Crippen LogP contribution in [0.3, 0.4) is 0 Å². The highest BCUT2D eigenvalue weighted by atomic mass is 16.2. The highest BCUT2D eigenvalue weighted by molar-refractivity contribution is 5.79. The Labute approximate surface area is 169 Å². The van der Waals surface area contributed by atoms with E-state index in [1.807, 2.05) is 24.3 Å². The molecule has 1 aromatic carbocycles. The van der Waals surface area contributed by atoms with Crippen molar-refractivity contribution >= 4 is 17.3 Å². The van der Waals surface area contributed by atoms with Crippen LogP contribution in [0.4, 0.5) is 11.4 Å². The average Bonchev–Trinajstić information content (AvgIpc) is 2.68. The van der Waals surface area contributed by atoms with Crippen molar-refractivity contribution in [2.24, 2.45) is 5.92 Å². The van der Waals surface area contributed by atoms with Crippen LogP contribution in [0, 0.1) is 12.5 Å². The number of hydrogen-bond acceptors (Lipinski definition) is 3. The summed E-state index contributed by atoms with van der Waals surface area (Å²) in [7, 11) is 0. The maximum Gasteiger partial charge on any atom is 0.225 e. The molecule has 0 unspecified atom stereocenters. The van der Waals surface area contributed by atoms with Gasteiger partial charge in [0, 0.05) is 55.9 Å². The van der Waals surface area contributed by atoms with Crippen LogP contribution >= 0.6 is 0 Å². The van der Waals surface area contributed by atoms with E-state index in [0.29, 0.717) is 23.7 Å². The molecule has 5 nitrogen and oxygen atoms in total. The molecule has 1 aromatic rings. The Kier molecular flexibility index (Phi) is 5.59. The van der Waals surface area contributed by atoms with E-state index in [-0.39, 0.29) is 5.92 Å². The van der Waals surface area contributed by atoms with Gasteiger partial charge in [0.05, 0.1) is 6.57 Å². The largest absolute Gasteiger partial charge is 0.372 e. The van der Waals surface area contributed by atoms with Gasteiger partial charge in [0.2, 0.25) is 5.91 Å². The van der Waals surface area contributed by atoms with E-state index in [4.69, 9.17) is 6.57 Å². The van der Waals surface area contributed by atoms with Gasteiger partial charge >= 0.3 is 0 Å². The molecule has 1 amide bonds. The predicted molar refractivity (Wildman–Crippen MR) is 113 cm³/mol. The molecule has 2 saturated heterocycles. The number of nitrogens with zero attached hydrogens (tertiary/aromatic N) is 4. The smallest absolute Gasteiger partial charge is 0.225 e. The summed E-state index contributed by atoms with van der Waals surface area (Å²) in [5.74, 6) is 0.531. The van der Waals surface area contributed by atoms with Crippen LogP contribution < -0.4 is 4.90 Å². The minimum atomic E-state index is 0.161. The van der Waals surface area contributed by atoms with Crippen LogP contribution in [0.15, 0.2) is 24.3 Å². The number of piperidine rings is 1. The summed E-state index contributed by atoms with van der Waals surface area (Å²) in [4.78, 5) is 23.8. The van der Waals surface area contributed by atoms with Gasteiger partial charge in [-0.15, -0.1) is 0 Å². The standard InChI is InChI=1S/C23H32N4O/c1-17-15-26(16-18(2)27(17)22-5-4-6-22)23(28)19-11-13-25(14-12-19)21-9-7-20(24-3)8-10-21/h7-10,17-19,22H,4-6,11-16H2,1-2H3/t17-,18+. The van der Waals surface area contributed by atoms with Crippen molar-refractivity contribution in [3.63, 3.8) is 0 Å². The fourth-order valence-electron chi connectivity index (χ4n) is 5.30. The number of carbonyl (C=O) groups excluding carboxylic acids is 1. The first-order valence-corrected chi connectivity index (χ1v) is 10.9. The topological polar surface area (TPSA) is 31.2 Å². The normalized spacial score (nSPS) is 27.3. The molecule has 1 aliphatic carbocycles. The zero-order valence-corrected chi connectivity index (χ0v) is 17.2. The van der Waals surface area contributed by atoms with Crippen molar-refractivity contribution < 1.29 is 4.79 Å². The summed E-state index contributed by atoms with van der Waals surface area (Å²) in [6.45, 7) is 15.3. The van der Waals surface area contributed by atoms with Crippen molar-refractivity contribution in [3.8, 4) is 0 Å². The number of carbonyl (C=O) groups is 1. The van der Waals surface area contributed by atoms with Gasteiger partial charge in [0.25, 0.3) is 0 Å². The highest BCUT2D eigenvalue weighted by Gasteiger charge is 2.39. The molecule has 5 heteroatoms. The molecule has 150 valence electrons. The van der Waals surface area contributed by atoms with Gasteiger partial charge in [-0.05, 0) is 51.7 Å². The molecule has 0 radical (unpaired) electrons. The first-order chi connectivity index (χ1) is 13.6. The third-order valence-electron chi connectivity index (χ3n) is 6.98. The number of anilines is 1. The Morgan fingerprint density at radius 3 is 2.11 bits per heavy atom. The molecule has 0 aromatic heterocycles. The van der Waals surface area contributed by atoms with E-state index in [2.05, 4.69) is 33.4 Å². The van der Waals surface area contributed by atoms with E-state index < -0.39 is 0 Å². The lowest BCUT2D eigenvalue weighted by Crippen LogP contribution is -2.63. The molecule has 1 saturated carbocycles. The van der Waals surface area contributed by atoms with E-state index in [1.165, 1.54) is 19.3 Å². The number of amides is 1. The molecule has 3 aliphatic rings. The van der Waals surface area contributed by atoms with Crippen LogP contribution in [-0.4, -0.2) is 60.0 Å². The van der Waals surface area contributed by atoms with Crippen LogP contribution in [0.2, 0.25) is 0 Å². The zero-order chi connectivity index (χ0) is 19.7. The maximum atomic E-state index is 13.2. The van der Waals surface area contributed by atoms with Crippen molar-refractivity contribution in [2.45, 2.75) is 64.1 Å². The van der Waals surface area contributed by atoms with E-state index in [1.54, 1.807) is 0 Å². The van der Waals surface area contributed by atoms with Crippen molar-refractivity contribution in [1.29, 1.82) is 0 Å². The van der Waals surface area contributed by atoms with E-state index in [0.717, 1.165) is 50.7 Å². The van der Waals surface area contributed by atoms with Gasteiger partial charge in [-0.1, -0.05) is 18.6 Å². The minimum absolute atomic E-state index is 0.161. The lowest BCUT2D eigenvalue weighted by molar-refractivity contribution is -0.142. The number of benzene rings is 1. The average molecular weight is 381 g/mol. The summed E-state index contributed by atoms with van der Waals surface area (Å²) >= 11 is 0. The fourth-order valence-corrected chi connectivity index (χ4v) is 5.30. The Morgan fingerprint density at radius 2 is 1.61 bits per heavy atom. The molecule has 2 heterocycles. The Hall–Kier alpha value is -2.06. The van der Waals surface area contributed by atoms with Gasteiger partial charge in [-0.3, -0.25) is 9.69 Å². The zero-order valence-electron chi connectivity index (χ0n) is 17.2. The lowest BCUT2D eigenvalue weighted by atomic mass is 9.87. The number of hydrogen-bond donors (Lipinski definition) is 0. The molecular formula is C23H32N4O. The monoisotopic (exact) mass is 380 g/mol. The molecular weight excluding hydrogens is 348 g/mol. The van der Waals surface area contributed by atoms with E-state index in [9.17, 15) is 4.79 Å².